The molecule has 2 aromatic heterocycles. The molecule has 0 atom stereocenters. The van der Waals surface area contributed by atoms with Gasteiger partial charge in [0.05, 0.1) is 6.42 Å². The Morgan fingerprint density at radius 1 is 1.14 bits per heavy atom. The fraction of sp³-hybridized carbons (Fsp3) is 0.0556. The smallest absolute Gasteiger partial charge is 0.307 e. The SMILES string of the molecule is O=C(O)Cc1c[nH]c2ccc(-c3cc4ccccc4s3)cc12. The molecule has 3 nitrogen and oxygen atoms in total. The summed E-state index contributed by atoms with van der Waals surface area (Å²) in [7, 11) is 0. The summed E-state index contributed by atoms with van der Waals surface area (Å²) < 4.78 is 1.26. The van der Waals surface area contributed by atoms with Crippen LogP contribution in [0.1, 0.15) is 5.56 Å². The molecule has 0 bridgehead atoms. The van der Waals surface area contributed by atoms with Gasteiger partial charge < -0.3 is 10.1 Å². The van der Waals surface area contributed by atoms with Crippen LogP contribution >= 0.6 is 11.3 Å². The molecule has 0 radical (unpaired) electrons. The standard InChI is InChI=1S/C18H13NO2S/c20-18(21)9-13-10-19-15-6-5-12(7-14(13)15)17-8-11-3-1-2-4-16(11)22-17/h1-8,10,19H,9H2,(H,20,21). The van der Waals surface area contributed by atoms with Crippen LogP contribution in [-0.4, -0.2) is 16.1 Å². The van der Waals surface area contributed by atoms with Gasteiger partial charge in [-0.05, 0) is 40.8 Å². The Kier molecular flexibility index (Phi) is 2.98. The van der Waals surface area contributed by atoms with Gasteiger partial charge in [-0.3, -0.25) is 4.79 Å². The fourth-order valence-corrected chi connectivity index (χ4v) is 3.82. The van der Waals surface area contributed by atoms with Gasteiger partial charge in [0.1, 0.15) is 0 Å². The second kappa shape index (κ2) is 5.00. The average Bonchev–Trinajstić information content (AvgIpc) is 3.10. The second-order valence-electron chi connectivity index (χ2n) is 5.29. The van der Waals surface area contributed by atoms with E-state index < -0.39 is 5.97 Å². The van der Waals surface area contributed by atoms with Crippen LogP contribution in [0.3, 0.4) is 0 Å². The van der Waals surface area contributed by atoms with Crippen LogP contribution in [0.5, 0.6) is 0 Å². The highest BCUT2D eigenvalue weighted by Crippen LogP contribution is 2.35. The molecule has 108 valence electrons. The summed E-state index contributed by atoms with van der Waals surface area (Å²) in [5.74, 6) is -0.812. The number of thiophene rings is 1. The lowest BCUT2D eigenvalue weighted by molar-refractivity contribution is -0.136. The van der Waals surface area contributed by atoms with E-state index in [-0.39, 0.29) is 6.42 Å². The van der Waals surface area contributed by atoms with Crippen molar-refractivity contribution < 1.29 is 9.90 Å². The molecule has 0 aliphatic carbocycles. The zero-order valence-electron chi connectivity index (χ0n) is 11.7. The molecule has 0 unspecified atom stereocenters. The first-order valence-corrected chi connectivity index (χ1v) is 7.83. The maximum absolute atomic E-state index is 11.0. The Bertz CT molecular complexity index is 964. The Morgan fingerprint density at radius 2 is 2.00 bits per heavy atom. The van der Waals surface area contributed by atoms with Crippen LogP contribution in [0, 0.1) is 0 Å². The number of rotatable bonds is 3. The first-order valence-electron chi connectivity index (χ1n) is 7.01. The van der Waals surface area contributed by atoms with Crippen LogP contribution in [-0.2, 0) is 11.2 Å². The normalized spacial score (nSPS) is 11.3. The number of carboxylic acid groups (broad SMARTS) is 1. The zero-order chi connectivity index (χ0) is 15.1. The summed E-state index contributed by atoms with van der Waals surface area (Å²) in [4.78, 5) is 15.3. The van der Waals surface area contributed by atoms with Crippen LogP contribution < -0.4 is 0 Å². The number of aliphatic carboxylic acids is 1. The van der Waals surface area contributed by atoms with Gasteiger partial charge in [0.15, 0.2) is 0 Å². The summed E-state index contributed by atoms with van der Waals surface area (Å²) in [5.41, 5.74) is 2.92. The molecule has 2 heterocycles. The third-order valence-electron chi connectivity index (χ3n) is 3.82. The van der Waals surface area contributed by atoms with Crippen molar-refractivity contribution >= 4 is 38.3 Å². The van der Waals surface area contributed by atoms with Gasteiger partial charge in [-0.15, -0.1) is 11.3 Å². The van der Waals surface area contributed by atoms with Gasteiger partial charge in [-0.25, -0.2) is 0 Å². The Morgan fingerprint density at radius 3 is 2.82 bits per heavy atom. The molecule has 2 aromatic carbocycles. The molecule has 2 N–H and O–H groups in total. The van der Waals surface area contributed by atoms with E-state index in [0.29, 0.717) is 0 Å². The van der Waals surface area contributed by atoms with E-state index in [4.69, 9.17) is 5.11 Å². The van der Waals surface area contributed by atoms with Crippen LogP contribution in [0.4, 0.5) is 0 Å². The van der Waals surface area contributed by atoms with Crippen LogP contribution in [0.2, 0.25) is 0 Å². The van der Waals surface area contributed by atoms with Crippen LogP contribution in [0.15, 0.2) is 54.7 Å². The Hall–Kier alpha value is -2.59. The number of hydrogen-bond acceptors (Lipinski definition) is 2. The number of fused-ring (bicyclic) bond motifs is 2. The lowest BCUT2D eigenvalue weighted by Gasteiger charge is -2.00. The van der Waals surface area contributed by atoms with Crippen molar-refractivity contribution in [3.8, 4) is 10.4 Å². The van der Waals surface area contributed by atoms with Crippen molar-refractivity contribution in [1.82, 2.24) is 4.98 Å². The quantitative estimate of drug-likeness (QED) is 0.577. The molecular formula is C18H13NO2S. The first-order chi connectivity index (χ1) is 10.7. The van der Waals surface area contributed by atoms with Gasteiger partial charge in [0, 0.05) is 26.7 Å². The number of carboxylic acids is 1. The van der Waals surface area contributed by atoms with E-state index in [1.54, 1.807) is 17.5 Å². The topological polar surface area (TPSA) is 53.1 Å². The molecule has 0 aliphatic heterocycles. The molecule has 0 spiro atoms. The van der Waals surface area contributed by atoms with Crippen molar-refractivity contribution in [2.45, 2.75) is 6.42 Å². The monoisotopic (exact) mass is 307 g/mol. The van der Waals surface area contributed by atoms with Gasteiger partial charge in [0.2, 0.25) is 0 Å². The number of hydrogen-bond donors (Lipinski definition) is 2. The Balaban J connectivity index is 1.85. The molecule has 22 heavy (non-hydrogen) atoms. The predicted molar refractivity (Wildman–Crippen MR) is 90.5 cm³/mol. The predicted octanol–water partition coefficient (Wildman–Crippen LogP) is 4.68. The molecule has 0 saturated carbocycles. The molecule has 4 heteroatoms. The number of aromatic nitrogens is 1. The lowest BCUT2D eigenvalue weighted by Crippen LogP contribution is -1.98. The maximum Gasteiger partial charge on any atom is 0.307 e. The van der Waals surface area contributed by atoms with Gasteiger partial charge in [-0.2, -0.15) is 0 Å². The molecule has 0 saturated heterocycles. The highest BCUT2D eigenvalue weighted by Gasteiger charge is 2.10. The molecular weight excluding hydrogens is 294 g/mol. The van der Waals surface area contributed by atoms with E-state index >= 15 is 0 Å². The minimum atomic E-state index is -0.812. The number of carbonyl (C=O) groups is 1. The molecule has 0 aliphatic rings. The second-order valence-corrected chi connectivity index (χ2v) is 6.38. The van der Waals surface area contributed by atoms with E-state index in [2.05, 4.69) is 35.3 Å². The van der Waals surface area contributed by atoms with E-state index in [1.165, 1.54) is 15.0 Å². The average molecular weight is 307 g/mol. The number of nitrogens with one attached hydrogen (secondary N) is 1. The summed E-state index contributed by atoms with van der Waals surface area (Å²) in [6.45, 7) is 0. The molecule has 0 amide bonds. The number of benzene rings is 2. The third-order valence-corrected chi connectivity index (χ3v) is 4.98. The highest BCUT2D eigenvalue weighted by atomic mass is 32.1. The van der Waals surface area contributed by atoms with Crippen LogP contribution in [0.25, 0.3) is 31.4 Å². The summed E-state index contributed by atoms with van der Waals surface area (Å²) in [5, 5.41) is 11.2. The molecule has 0 fully saturated rings. The minimum absolute atomic E-state index is 0.0376. The first kappa shape index (κ1) is 13.1. The van der Waals surface area contributed by atoms with Crippen molar-refractivity contribution in [1.29, 1.82) is 0 Å². The van der Waals surface area contributed by atoms with Gasteiger partial charge in [-0.1, -0.05) is 24.3 Å². The van der Waals surface area contributed by atoms with E-state index in [0.717, 1.165) is 22.0 Å². The van der Waals surface area contributed by atoms with Crippen molar-refractivity contribution in [3.05, 3.63) is 60.3 Å². The van der Waals surface area contributed by atoms with Crippen molar-refractivity contribution in [2.75, 3.05) is 0 Å². The van der Waals surface area contributed by atoms with E-state index in [1.807, 2.05) is 18.2 Å². The fourth-order valence-electron chi connectivity index (χ4n) is 2.76. The summed E-state index contributed by atoms with van der Waals surface area (Å²) in [6, 6.07) is 16.7. The highest BCUT2D eigenvalue weighted by molar-refractivity contribution is 7.22. The summed E-state index contributed by atoms with van der Waals surface area (Å²) >= 11 is 1.75. The Labute approximate surface area is 130 Å². The van der Waals surface area contributed by atoms with Crippen molar-refractivity contribution in [2.24, 2.45) is 0 Å². The van der Waals surface area contributed by atoms with Gasteiger partial charge >= 0.3 is 5.97 Å². The van der Waals surface area contributed by atoms with Crippen molar-refractivity contribution in [3.63, 3.8) is 0 Å². The minimum Gasteiger partial charge on any atom is -0.481 e. The zero-order valence-corrected chi connectivity index (χ0v) is 12.5. The molecule has 4 rings (SSSR count). The largest absolute Gasteiger partial charge is 0.481 e. The third kappa shape index (κ3) is 2.18. The number of aromatic amines is 1. The number of H-pyrrole nitrogens is 1. The van der Waals surface area contributed by atoms with E-state index in [9.17, 15) is 4.79 Å². The lowest BCUT2D eigenvalue weighted by atomic mass is 10.1. The molecule has 4 aromatic rings. The summed E-state index contributed by atoms with van der Waals surface area (Å²) in [6.07, 6.45) is 1.82. The van der Waals surface area contributed by atoms with Gasteiger partial charge in [0.25, 0.3) is 0 Å². The maximum atomic E-state index is 11.0.